The number of nitrogens with zero attached hydrogens (tertiary/aromatic N) is 3. The highest BCUT2D eigenvalue weighted by molar-refractivity contribution is 5.68. The minimum absolute atomic E-state index is 0.223. The van der Waals surface area contributed by atoms with Gasteiger partial charge in [-0.25, -0.2) is 4.79 Å². The lowest BCUT2D eigenvalue weighted by molar-refractivity contribution is 0.0182. The predicted molar refractivity (Wildman–Crippen MR) is 126 cm³/mol. The van der Waals surface area contributed by atoms with Crippen LogP contribution in [0.3, 0.4) is 0 Å². The van der Waals surface area contributed by atoms with Crippen molar-refractivity contribution in [1.82, 2.24) is 9.88 Å². The topological polar surface area (TPSA) is 45.7 Å². The van der Waals surface area contributed by atoms with Gasteiger partial charge in [-0.2, -0.15) is 0 Å². The molecule has 1 amide bonds. The molecule has 1 aliphatic rings. The van der Waals surface area contributed by atoms with E-state index in [0.717, 1.165) is 44.3 Å². The molecule has 3 rings (SSSR count). The van der Waals surface area contributed by atoms with Crippen LogP contribution in [0.2, 0.25) is 0 Å². The number of hydrogen-bond donors (Lipinski definition) is 0. The summed E-state index contributed by atoms with van der Waals surface area (Å²) >= 11 is 0. The van der Waals surface area contributed by atoms with Gasteiger partial charge in [0.1, 0.15) is 5.60 Å². The second-order valence-corrected chi connectivity index (χ2v) is 9.53. The van der Waals surface area contributed by atoms with E-state index in [9.17, 15) is 4.79 Å². The van der Waals surface area contributed by atoms with Crippen LogP contribution in [-0.2, 0) is 17.7 Å². The van der Waals surface area contributed by atoms with Gasteiger partial charge in [-0.15, -0.1) is 0 Å². The van der Waals surface area contributed by atoms with Crippen LogP contribution >= 0.6 is 0 Å². The maximum absolute atomic E-state index is 12.5. The molecule has 1 heterocycles. The zero-order chi connectivity index (χ0) is 22.4. The van der Waals surface area contributed by atoms with Gasteiger partial charge in [0.25, 0.3) is 0 Å². The molecule has 5 nitrogen and oxygen atoms in total. The first-order valence-corrected chi connectivity index (χ1v) is 11.5. The lowest BCUT2D eigenvalue weighted by Crippen LogP contribution is -2.46. The van der Waals surface area contributed by atoms with Gasteiger partial charge in [0.2, 0.25) is 0 Å². The van der Waals surface area contributed by atoms with Crippen molar-refractivity contribution in [3.8, 4) is 0 Å². The molecular weight excluding hydrogens is 386 g/mol. The SMILES string of the molecule is CCc1cc(N(Cc2ccccc2)C2CCC(N(C)C(=O)OC(C)(C)C)CC2)ccn1. The smallest absolute Gasteiger partial charge is 0.410 e. The Labute approximate surface area is 187 Å². The van der Waals surface area contributed by atoms with Crippen LogP contribution < -0.4 is 4.90 Å². The van der Waals surface area contributed by atoms with Crippen LogP contribution in [0.1, 0.15) is 64.6 Å². The third-order valence-electron chi connectivity index (χ3n) is 6.03. The van der Waals surface area contributed by atoms with E-state index in [1.54, 1.807) is 4.90 Å². The monoisotopic (exact) mass is 423 g/mol. The highest BCUT2D eigenvalue weighted by Crippen LogP contribution is 2.31. The third kappa shape index (κ3) is 6.46. The lowest BCUT2D eigenvalue weighted by atomic mass is 9.89. The number of rotatable bonds is 6. The largest absolute Gasteiger partial charge is 0.444 e. The summed E-state index contributed by atoms with van der Waals surface area (Å²) in [6.07, 6.45) is 6.70. The molecule has 0 unspecified atom stereocenters. The number of aromatic nitrogens is 1. The minimum Gasteiger partial charge on any atom is -0.444 e. The van der Waals surface area contributed by atoms with Crippen molar-refractivity contribution in [1.29, 1.82) is 0 Å². The number of carbonyl (C=O) groups is 1. The van der Waals surface area contributed by atoms with Crippen LogP contribution in [0.4, 0.5) is 10.5 Å². The van der Waals surface area contributed by atoms with Crippen LogP contribution in [0.25, 0.3) is 0 Å². The zero-order valence-corrected chi connectivity index (χ0v) is 19.7. The molecule has 0 spiro atoms. The Kier molecular flexibility index (Phi) is 7.58. The van der Waals surface area contributed by atoms with Gasteiger partial charge in [-0.3, -0.25) is 4.98 Å². The summed E-state index contributed by atoms with van der Waals surface area (Å²) in [7, 11) is 1.87. The highest BCUT2D eigenvalue weighted by Gasteiger charge is 2.31. The Morgan fingerprint density at radius 2 is 1.71 bits per heavy atom. The van der Waals surface area contributed by atoms with Crippen molar-refractivity contribution in [3.63, 3.8) is 0 Å². The number of pyridine rings is 1. The molecule has 1 aromatic heterocycles. The second-order valence-electron chi connectivity index (χ2n) is 9.53. The maximum Gasteiger partial charge on any atom is 0.410 e. The number of ether oxygens (including phenoxy) is 1. The maximum atomic E-state index is 12.5. The quantitative estimate of drug-likeness (QED) is 0.586. The van der Waals surface area contributed by atoms with E-state index in [0.29, 0.717) is 6.04 Å². The van der Waals surface area contributed by atoms with Gasteiger partial charge in [-0.05, 0) is 70.6 Å². The first-order chi connectivity index (χ1) is 14.8. The van der Waals surface area contributed by atoms with Gasteiger partial charge in [0.15, 0.2) is 0 Å². The average Bonchev–Trinajstić information content (AvgIpc) is 2.76. The normalized spacial score (nSPS) is 19.0. The van der Waals surface area contributed by atoms with E-state index in [4.69, 9.17) is 4.74 Å². The molecule has 1 aromatic carbocycles. The van der Waals surface area contributed by atoms with Crippen molar-refractivity contribution >= 4 is 11.8 Å². The summed E-state index contributed by atoms with van der Waals surface area (Å²) < 4.78 is 5.57. The molecule has 0 bridgehead atoms. The number of benzene rings is 1. The fourth-order valence-corrected chi connectivity index (χ4v) is 4.29. The minimum atomic E-state index is -0.465. The Morgan fingerprint density at radius 1 is 1.06 bits per heavy atom. The Hall–Kier alpha value is -2.56. The summed E-state index contributed by atoms with van der Waals surface area (Å²) in [5.74, 6) is 0. The number of amides is 1. The molecule has 0 N–H and O–H groups in total. The summed E-state index contributed by atoms with van der Waals surface area (Å²) in [5, 5.41) is 0. The third-order valence-corrected chi connectivity index (χ3v) is 6.03. The number of carbonyl (C=O) groups excluding carboxylic acids is 1. The molecule has 0 aliphatic heterocycles. The summed E-state index contributed by atoms with van der Waals surface area (Å²) in [6, 6.07) is 15.7. The van der Waals surface area contributed by atoms with E-state index in [1.165, 1.54) is 11.3 Å². The van der Waals surface area contributed by atoms with E-state index in [2.05, 4.69) is 59.3 Å². The molecule has 1 fully saturated rings. The zero-order valence-electron chi connectivity index (χ0n) is 19.7. The molecule has 2 aromatic rings. The van der Waals surface area contributed by atoms with Gasteiger partial charge >= 0.3 is 6.09 Å². The summed E-state index contributed by atoms with van der Waals surface area (Å²) in [5.41, 5.74) is 3.20. The van der Waals surface area contributed by atoms with Gasteiger partial charge < -0.3 is 14.5 Å². The van der Waals surface area contributed by atoms with Crippen molar-refractivity contribution in [3.05, 3.63) is 59.9 Å². The molecule has 1 aliphatic carbocycles. The van der Waals surface area contributed by atoms with E-state index >= 15 is 0 Å². The van der Waals surface area contributed by atoms with Crippen molar-refractivity contribution in [2.24, 2.45) is 0 Å². The molecule has 168 valence electrons. The van der Waals surface area contributed by atoms with Crippen molar-refractivity contribution in [2.45, 2.75) is 84.0 Å². The van der Waals surface area contributed by atoms with Crippen LogP contribution in [-0.4, -0.2) is 40.7 Å². The molecule has 0 radical (unpaired) electrons. The first kappa shape index (κ1) is 23.1. The average molecular weight is 424 g/mol. The number of hydrogen-bond acceptors (Lipinski definition) is 4. The molecule has 1 saturated carbocycles. The summed E-state index contributed by atoms with van der Waals surface area (Å²) in [4.78, 5) is 21.3. The van der Waals surface area contributed by atoms with E-state index < -0.39 is 5.60 Å². The molecule has 0 atom stereocenters. The van der Waals surface area contributed by atoms with Crippen LogP contribution in [0, 0.1) is 0 Å². The van der Waals surface area contributed by atoms with Gasteiger partial charge in [0, 0.05) is 43.3 Å². The van der Waals surface area contributed by atoms with Crippen LogP contribution in [0.5, 0.6) is 0 Å². The Bertz CT molecular complexity index is 839. The van der Waals surface area contributed by atoms with E-state index in [-0.39, 0.29) is 12.1 Å². The fourth-order valence-electron chi connectivity index (χ4n) is 4.29. The fraction of sp³-hybridized carbons (Fsp3) is 0.538. The second kappa shape index (κ2) is 10.2. The standard InChI is InChI=1S/C26H37N3O2/c1-6-21-18-24(16-17-27-21)29(19-20-10-8-7-9-11-20)23-14-12-22(13-15-23)28(5)25(30)31-26(2,3)4/h7-11,16-18,22-23H,6,12-15,19H2,1-5H3. The van der Waals surface area contributed by atoms with Gasteiger partial charge in [0.05, 0.1) is 0 Å². The van der Waals surface area contributed by atoms with Crippen molar-refractivity contribution < 1.29 is 9.53 Å². The highest BCUT2D eigenvalue weighted by atomic mass is 16.6. The van der Waals surface area contributed by atoms with Crippen LogP contribution in [0.15, 0.2) is 48.7 Å². The van der Waals surface area contributed by atoms with Crippen molar-refractivity contribution in [2.75, 3.05) is 11.9 Å². The van der Waals surface area contributed by atoms with E-state index in [1.807, 2.05) is 34.0 Å². The van der Waals surface area contributed by atoms with Gasteiger partial charge in [-0.1, -0.05) is 37.3 Å². The lowest BCUT2D eigenvalue weighted by Gasteiger charge is -2.41. The Balaban J connectivity index is 1.71. The molecular formula is C26H37N3O2. The molecule has 0 saturated heterocycles. The molecule has 5 heteroatoms. The Morgan fingerprint density at radius 3 is 2.32 bits per heavy atom. The molecule has 31 heavy (non-hydrogen) atoms. The number of aryl methyl sites for hydroxylation is 1. The summed E-state index contributed by atoms with van der Waals surface area (Å²) in [6.45, 7) is 8.76. The first-order valence-electron chi connectivity index (χ1n) is 11.5. The predicted octanol–water partition coefficient (Wildman–Crippen LogP) is 5.83. The number of anilines is 1.